The molecule has 31 heavy (non-hydrogen) atoms. The number of hydrogen-bond donors (Lipinski definition) is 0. The van der Waals surface area contributed by atoms with Gasteiger partial charge < -0.3 is 14.0 Å². The van der Waals surface area contributed by atoms with Gasteiger partial charge in [-0.25, -0.2) is 0 Å². The van der Waals surface area contributed by atoms with Crippen molar-refractivity contribution in [3.05, 3.63) is 62.0 Å². The maximum atomic E-state index is 12.9. The molecule has 0 aliphatic rings. The van der Waals surface area contributed by atoms with Crippen LogP contribution in [0.25, 0.3) is 10.9 Å². The van der Waals surface area contributed by atoms with E-state index in [-0.39, 0.29) is 23.6 Å². The predicted octanol–water partition coefficient (Wildman–Crippen LogP) is 5.70. The standard InChI is InChI=1S/C24H32N2O5/c1-6-7-14-30-23-22(31-15-13-18(4)10-8-9-17(2)3)20-12-11-19(26(28)29)16-21(20)25(5)24(23)27/h9,11-13,16H,6-8,10,14-15H2,1-5H3. The van der Waals surface area contributed by atoms with Gasteiger partial charge in [0.1, 0.15) is 6.61 Å². The van der Waals surface area contributed by atoms with Gasteiger partial charge in [-0.05, 0) is 52.2 Å². The molecule has 0 aliphatic carbocycles. The molecule has 0 bridgehead atoms. The van der Waals surface area contributed by atoms with Crippen LogP contribution in [-0.2, 0) is 7.05 Å². The van der Waals surface area contributed by atoms with Crippen LogP contribution in [0.3, 0.4) is 0 Å². The molecule has 7 heteroatoms. The Morgan fingerprint density at radius 3 is 2.55 bits per heavy atom. The van der Waals surface area contributed by atoms with Gasteiger partial charge in [0.2, 0.25) is 5.75 Å². The lowest BCUT2D eigenvalue weighted by Crippen LogP contribution is -2.21. The lowest BCUT2D eigenvalue weighted by atomic mass is 10.1. The van der Waals surface area contributed by atoms with E-state index in [1.807, 2.05) is 19.9 Å². The lowest BCUT2D eigenvalue weighted by Gasteiger charge is -2.16. The van der Waals surface area contributed by atoms with Crippen molar-refractivity contribution in [2.45, 2.75) is 53.4 Å². The number of ether oxygens (including phenoxy) is 2. The van der Waals surface area contributed by atoms with Gasteiger partial charge in [0.05, 0.1) is 17.0 Å². The van der Waals surface area contributed by atoms with Crippen molar-refractivity contribution in [2.24, 2.45) is 7.05 Å². The Morgan fingerprint density at radius 2 is 1.90 bits per heavy atom. The highest BCUT2D eigenvalue weighted by Gasteiger charge is 2.20. The highest BCUT2D eigenvalue weighted by Crippen LogP contribution is 2.34. The lowest BCUT2D eigenvalue weighted by molar-refractivity contribution is -0.384. The zero-order chi connectivity index (χ0) is 23.0. The first-order chi connectivity index (χ1) is 14.8. The average Bonchev–Trinajstić information content (AvgIpc) is 2.72. The van der Waals surface area contributed by atoms with Crippen LogP contribution in [0.4, 0.5) is 5.69 Å². The summed E-state index contributed by atoms with van der Waals surface area (Å²) in [6, 6.07) is 4.41. The quantitative estimate of drug-likeness (QED) is 0.198. The number of aromatic nitrogens is 1. The minimum atomic E-state index is -0.478. The van der Waals surface area contributed by atoms with E-state index in [0.717, 1.165) is 25.7 Å². The number of allylic oxidation sites excluding steroid dienone is 3. The Labute approximate surface area is 183 Å². The van der Waals surface area contributed by atoms with Gasteiger partial charge in [-0.1, -0.05) is 30.6 Å². The maximum absolute atomic E-state index is 12.9. The second-order valence-corrected chi connectivity index (χ2v) is 7.86. The fraction of sp³-hybridized carbons (Fsp3) is 0.458. The number of fused-ring (bicyclic) bond motifs is 1. The van der Waals surface area contributed by atoms with Crippen molar-refractivity contribution in [1.82, 2.24) is 4.57 Å². The topological polar surface area (TPSA) is 83.6 Å². The Kier molecular flexibility index (Phi) is 8.85. The number of rotatable bonds is 11. The molecule has 0 amide bonds. The third-order valence-corrected chi connectivity index (χ3v) is 5.00. The summed E-state index contributed by atoms with van der Waals surface area (Å²) in [6.07, 6.45) is 7.82. The van der Waals surface area contributed by atoms with Gasteiger partial charge in [-0.15, -0.1) is 0 Å². The number of non-ortho nitro benzene ring substituents is 1. The van der Waals surface area contributed by atoms with Crippen LogP contribution < -0.4 is 15.0 Å². The molecule has 1 aromatic heterocycles. The summed E-state index contributed by atoms with van der Waals surface area (Å²) in [4.78, 5) is 23.7. The highest BCUT2D eigenvalue weighted by molar-refractivity contribution is 5.89. The molecule has 0 N–H and O–H groups in total. The van der Waals surface area contributed by atoms with Crippen LogP contribution in [-0.4, -0.2) is 22.7 Å². The van der Waals surface area contributed by atoms with Crippen LogP contribution in [0.5, 0.6) is 11.5 Å². The molecule has 1 heterocycles. The van der Waals surface area contributed by atoms with Gasteiger partial charge >= 0.3 is 0 Å². The molecule has 0 spiro atoms. The van der Waals surface area contributed by atoms with E-state index >= 15 is 0 Å². The summed E-state index contributed by atoms with van der Waals surface area (Å²) in [6.45, 7) is 8.93. The molecule has 0 fully saturated rings. The van der Waals surface area contributed by atoms with E-state index in [9.17, 15) is 14.9 Å². The van der Waals surface area contributed by atoms with E-state index in [0.29, 0.717) is 23.3 Å². The van der Waals surface area contributed by atoms with Crippen molar-refractivity contribution in [1.29, 1.82) is 0 Å². The van der Waals surface area contributed by atoms with Crippen LogP contribution >= 0.6 is 0 Å². The van der Waals surface area contributed by atoms with Crippen molar-refractivity contribution in [2.75, 3.05) is 13.2 Å². The van der Waals surface area contributed by atoms with Crippen molar-refractivity contribution in [3.63, 3.8) is 0 Å². The first-order valence-electron chi connectivity index (χ1n) is 10.6. The van der Waals surface area contributed by atoms with Crippen LogP contribution in [0.15, 0.2) is 46.3 Å². The Bertz CT molecular complexity index is 1050. The highest BCUT2D eigenvalue weighted by atomic mass is 16.6. The number of nitrogens with zero attached hydrogens (tertiary/aromatic N) is 2. The number of aryl methyl sites for hydroxylation is 1. The Balaban J connectivity index is 2.41. The van der Waals surface area contributed by atoms with Crippen LogP contribution in [0.1, 0.15) is 53.4 Å². The van der Waals surface area contributed by atoms with E-state index in [1.54, 1.807) is 13.1 Å². The molecular weight excluding hydrogens is 396 g/mol. The molecule has 2 rings (SSSR count). The third-order valence-electron chi connectivity index (χ3n) is 5.00. The van der Waals surface area contributed by atoms with Crippen molar-refractivity contribution in [3.8, 4) is 11.5 Å². The fourth-order valence-corrected chi connectivity index (χ4v) is 3.13. The number of hydrogen-bond acceptors (Lipinski definition) is 5. The second kappa shape index (κ2) is 11.3. The maximum Gasteiger partial charge on any atom is 0.297 e. The van der Waals surface area contributed by atoms with Crippen molar-refractivity contribution < 1.29 is 14.4 Å². The monoisotopic (exact) mass is 428 g/mol. The molecule has 0 saturated heterocycles. The zero-order valence-corrected chi connectivity index (χ0v) is 19.1. The fourth-order valence-electron chi connectivity index (χ4n) is 3.13. The van der Waals surface area contributed by atoms with Crippen LogP contribution in [0.2, 0.25) is 0 Å². The smallest absolute Gasteiger partial charge is 0.297 e. The molecule has 1 aromatic carbocycles. The molecule has 0 aliphatic heterocycles. The van der Waals surface area contributed by atoms with E-state index in [4.69, 9.17) is 9.47 Å². The number of unbranched alkanes of at least 4 members (excludes halogenated alkanes) is 1. The van der Waals surface area contributed by atoms with Gasteiger partial charge in [0, 0.05) is 24.6 Å². The Hall–Kier alpha value is -3.09. The number of pyridine rings is 1. The van der Waals surface area contributed by atoms with E-state index in [2.05, 4.69) is 19.9 Å². The summed E-state index contributed by atoms with van der Waals surface area (Å²) >= 11 is 0. The van der Waals surface area contributed by atoms with Gasteiger partial charge in [0.25, 0.3) is 11.2 Å². The predicted molar refractivity (Wildman–Crippen MR) is 124 cm³/mol. The molecular formula is C24H32N2O5. The first kappa shape index (κ1) is 24.2. The molecule has 168 valence electrons. The minimum absolute atomic E-state index is 0.0805. The minimum Gasteiger partial charge on any atom is -0.485 e. The molecule has 0 unspecified atom stereocenters. The van der Waals surface area contributed by atoms with Gasteiger partial charge in [0.15, 0.2) is 5.75 Å². The first-order valence-corrected chi connectivity index (χ1v) is 10.6. The largest absolute Gasteiger partial charge is 0.485 e. The Morgan fingerprint density at radius 1 is 1.16 bits per heavy atom. The summed E-state index contributed by atoms with van der Waals surface area (Å²) in [5.41, 5.74) is 2.46. The third kappa shape index (κ3) is 6.44. The van der Waals surface area contributed by atoms with Gasteiger partial charge in [-0.3, -0.25) is 14.9 Å². The van der Waals surface area contributed by atoms with E-state index < -0.39 is 4.92 Å². The number of nitro groups is 1. The SMILES string of the molecule is CCCCOc1c(OCC=C(C)CCC=C(C)C)c2ccc([N+](=O)[O-])cc2n(C)c1=O. The van der Waals surface area contributed by atoms with Crippen LogP contribution in [0, 0.1) is 10.1 Å². The zero-order valence-electron chi connectivity index (χ0n) is 19.1. The number of nitro benzene ring substituents is 1. The normalized spacial score (nSPS) is 11.5. The molecule has 0 atom stereocenters. The number of benzene rings is 1. The second-order valence-electron chi connectivity index (χ2n) is 7.86. The summed E-state index contributed by atoms with van der Waals surface area (Å²) in [5.74, 6) is 0.477. The molecule has 7 nitrogen and oxygen atoms in total. The summed E-state index contributed by atoms with van der Waals surface area (Å²) in [5, 5.41) is 11.8. The average molecular weight is 429 g/mol. The van der Waals surface area contributed by atoms with E-state index in [1.165, 1.54) is 27.8 Å². The molecule has 0 saturated carbocycles. The summed E-state index contributed by atoms with van der Waals surface area (Å²) in [7, 11) is 1.58. The molecule has 2 aromatic rings. The van der Waals surface area contributed by atoms with Gasteiger partial charge in [-0.2, -0.15) is 0 Å². The van der Waals surface area contributed by atoms with Crippen molar-refractivity contribution >= 4 is 16.6 Å². The molecule has 0 radical (unpaired) electrons. The summed E-state index contributed by atoms with van der Waals surface area (Å²) < 4.78 is 13.2.